The molecule has 0 radical (unpaired) electrons. The first kappa shape index (κ1) is 27.7. The molecule has 11 heteroatoms. The standard InChI is InChI=1S/C29H40N6O4S/c1-16-21(26-34-22-17(2)30-13-8-20(22)40-26)25(35-27(32-16)31-15-28(39-3)9-4-5-10-28)33-19-14-18(23(36)24(19)37)29(38)11-6-7-12-29/h8,13,18-19,23-24,36-38H,4-7,9-12,14-15H2,1-3H3,(H2,31,32,33,35)/t18-,19+,23+,24-/m0/s1. The molecule has 3 aromatic heterocycles. The molecule has 10 nitrogen and oxygen atoms in total. The minimum absolute atomic E-state index is 0.225. The van der Waals surface area contributed by atoms with Crippen molar-refractivity contribution in [2.24, 2.45) is 5.92 Å². The predicted octanol–water partition coefficient (Wildman–Crippen LogP) is 3.96. The molecular formula is C29H40N6O4S. The number of anilines is 2. The first-order chi connectivity index (χ1) is 19.2. The number of ether oxygens (including phenoxy) is 1. The molecule has 3 aromatic rings. The van der Waals surface area contributed by atoms with Crippen LogP contribution < -0.4 is 10.6 Å². The lowest BCUT2D eigenvalue weighted by molar-refractivity contribution is -0.0763. The van der Waals surface area contributed by atoms with Gasteiger partial charge in [0.15, 0.2) is 0 Å². The molecule has 3 fully saturated rings. The van der Waals surface area contributed by atoms with Gasteiger partial charge in [-0.15, -0.1) is 11.3 Å². The Kier molecular flexibility index (Phi) is 7.45. The number of aromatic nitrogens is 4. The summed E-state index contributed by atoms with van der Waals surface area (Å²) >= 11 is 1.55. The van der Waals surface area contributed by atoms with Crippen molar-refractivity contribution >= 4 is 33.3 Å². The molecule has 216 valence electrons. The molecule has 4 atom stereocenters. The van der Waals surface area contributed by atoms with E-state index in [1.54, 1.807) is 24.6 Å². The van der Waals surface area contributed by atoms with Gasteiger partial charge in [-0.1, -0.05) is 25.7 Å². The Labute approximate surface area is 238 Å². The Morgan fingerprint density at radius 2 is 1.73 bits per heavy atom. The number of nitrogens with zero attached hydrogens (tertiary/aromatic N) is 4. The Bertz CT molecular complexity index is 1370. The van der Waals surface area contributed by atoms with Crippen LogP contribution in [0.3, 0.4) is 0 Å². The van der Waals surface area contributed by atoms with Gasteiger partial charge in [0.1, 0.15) is 22.4 Å². The third-order valence-corrected chi connectivity index (χ3v) is 10.5. The molecule has 5 N–H and O–H groups in total. The van der Waals surface area contributed by atoms with Gasteiger partial charge in [-0.2, -0.15) is 4.98 Å². The monoisotopic (exact) mass is 568 g/mol. The van der Waals surface area contributed by atoms with Crippen LogP contribution in [-0.4, -0.2) is 78.4 Å². The summed E-state index contributed by atoms with van der Waals surface area (Å²) in [6.07, 6.45) is 7.64. The summed E-state index contributed by atoms with van der Waals surface area (Å²) in [5.41, 5.74) is 2.05. The maximum atomic E-state index is 11.3. The van der Waals surface area contributed by atoms with Gasteiger partial charge < -0.3 is 30.7 Å². The van der Waals surface area contributed by atoms with Crippen molar-refractivity contribution in [3.8, 4) is 10.6 Å². The lowest BCUT2D eigenvalue weighted by Crippen LogP contribution is -2.42. The van der Waals surface area contributed by atoms with E-state index in [0.29, 0.717) is 37.6 Å². The van der Waals surface area contributed by atoms with Crippen LogP contribution in [0.2, 0.25) is 0 Å². The zero-order valence-corrected chi connectivity index (χ0v) is 24.3. The van der Waals surface area contributed by atoms with Crippen molar-refractivity contribution in [2.75, 3.05) is 24.3 Å². The van der Waals surface area contributed by atoms with Crippen LogP contribution in [0.15, 0.2) is 12.3 Å². The van der Waals surface area contributed by atoms with Crippen molar-refractivity contribution in [3.63, 3.8) is 0 Å². The first-order valence-corrected chi connectivity index (χ1v) is 15.3. The number of fused-ring (bicyclic) bond motifs is 1. The van der Waals surface area contributed by atoms with Crippen molar-refractivity contribution in [2.45, 2.75) is 101 Å². The second kappa shape index (κ2) is 10.8. The molecule has 0 bridgehead atoms. The largest absolute Gasteiger partial charge is 0.390 e. The number of hydrogen-bond acceptors (Lipinski definition) is 11. The molecular weight excluding hydrogens is 528 g/mol. The van der Waals surface area contributed by atoms with Crippen molar-refractivity contribution in [1.82, 2.24) is 19.9 Å². The fourth-order valence-electron chi connectivity index (χ4n) is 7.06. The lowest BCUT2D eigenvalue weighted by Gasteiger charge is -2.32. The quantitative estimate of drug-likeness (QED) is 0.271. The van der Waals surface area contributed by atoms with Crippen LogP contribution in [0, 0.1) is 19.8 Å². The molecule has 3 heterocycles. The maximum absolute atomic E-state index is 11.3. The van der Waals surface area contributed by atoms with Gasteiger partial charge in [0, 0.05) is 25.8 Å². The third kappa shape index (κ3) is 4.96. The number of pyridine rings is 1. The predicted molar refractivity (Wildman–Crippen MR) is 156 cm³/mol. The van der Waals surface area contributed by atoms with Gasteiger partial charge in [0.05, 0.1) is 45.0 Å². The molecule has 3 aliphatic rings. The molecule has 3 saturated carbocycles. The Hall–Kier alpha value is -2.44. The van der Waals surface area contributed by atoms with Crippen LogP contribution in [0.1, 0.15) is 69.2 Å². The summed E-state index contributed by atoms with van der Waals surface area (Å²) < 4.78 is 6.92. The Morgan fingerprint density at radius 3 is 2.42 bits per heavy atom. The van der Waals surface area contributed by atoms with E-state index < -0.39 is 29.8 Å². The summed E-state index contributed by atoms with van der Waals surface area (Å²) in [4.78, 5) is 19.0. The Balaban J connectivity index is 1.35. The number of hydrogen-bond donors (Lipinski definition) is 5. The van der Waals surface area contributed by atoms with Crippen molar-refractivity contribution in [1.29, 1.82) is 0 Å². The highest BCUT2D eigenvalue weighted by molar-refractivity contribution is 7.21. The second-order valence-electron chi connectivity index (χ2n) is 12.0. The number of aliphatic hydroxyl groups is 3. The van der Waals surface area contributed by atoms with E-state index in [1.807, 2.05) is 19.9 Å². The molecule has 40 heavy (non-hydrogen) atoms. The highest BCUT2D eigenvalue weighted by Gasteiger charge is 2.52. The minimum Gasteiger partial charge on any atom is -0.390 e. The van der Waals surface area contributed by atoms with Gasteiger partial charge in [0.2, 0.25) is 5.95 Å². The van der Waals surface area contributed by atoms with Gasteiger partial charge in [-0.3, -0.25) is 4.98 Å². The van der Waals surface area contributed by atoms with E-state index in [4.69, 9.17) is 19.7 Å². The fraction of sp³-hybridized carbons (Fsp3) is 0.655. The SMILES string of the molecule is COC1(CNc2nc(C)c(-c3nc4c(C)nccc4s3)c(N[C@@H]3C[C@H](C4(O)CCCC4)[C@@H](O)[C@H]3O)n2)CCCC1. The molecule has 3 aliphatic carbocycles. The van der Waals surface area contributed by atoms with Crippen molar-refractivity contribution in [3.05, 3.63) is 23.7 Å². The summed E-state index contributed by atoms with van der Waals surface area (Å²) in [5.74, 6) is 0.629. The zero-order valence-electron chi connectivity index (χ0n) is 23.5. The topological polar surface area (TPSA) is 146 Å². The van der Waals surface area contributed by atoms with E-state index in [9.17, 15) is 15.3 Å². The molecule has 0 unspecified atom stereocenters. The average molecular weight is 569 g/mol. The van der Waals surface area contributed by atoms with E-state index >= 15 is 0 Å². The summed E-state index contributed by atoms with van der Waals surface area (Å²) in [7, 11) is 1.76. The van der Waals surface area contributed by atoms with E-state index in [-0.39, 0.29) is 5.60 Å². The molecule has 0 aliphatic heterocycles. The van der Waals surface area contributed by atoms with E-state index in [0.717, 1.165) is 70.7 Å². The van der Waals surface area contributed by atoms with E-state index in [2.05, 4.69) is 15.6 Å². The normalized spacial score (nSPS) is 27.4. The summed E-state index contributed by atoms with van der Waals surface area (Å²) in [5, 5.41) is 41.0. The lowest BCUT2D eigenvalue weighted by atomic mass is 9.83. The Morgan fingerprint density at radius 1 is 1.00 bits per heavy atom. The number of aryl methyl sites for hydroxylation is 2. The van der Waals surface area contributed by atoms with E-state index in [1.165, 1.54) is 0 Å². The molecule has 6 rings (SSSR count). The molecule has 0 spiro atoms. The molecule has 0 aromatic carbocycles. The summed E-state index contributed by atoms with van der Waals surface area (Å²) in [6.45, 7) is 4.49. The zero-order chi connectivity index (χ0) is 28.1. The van der Waals surface area contributed by atoms with Crippen LogP contribution in [-0.2, 0) is 4.74 Å². The van der Waals surface area contributed by atoms with Gasteiger partial charge in [0.25, 0.3) is 0 Å². The molecule has 0 amide bonds. The summed E-state index contributed by atoms with van der Waals surface area (Å²) in [6, 6.07) is 1.47. The van der Waals surface area contributed by atoms with Crippen molar-refractivity contribution < 1.29 is 20.1 Å². The second-order valence-corrected chi connectivity index (χ2v) is 13.0. The molecule has 0 saturated heterocycles. The smallest absolute Gasteiger partial charge is 0.225 e. The number of nitrogens with one attached hydrogen (secondary N) is 2. The number of rotatable bonds is 8. The number of thiazole rings is 1. The van der Waals surface area contributed by atoms with Gasteiger partial charge >= 0.3 is 0 Å². The highest BCUT2D eigenvalue weighted by Crippen LogP contribution is 2.45. The van der Waals surface area contributed by atoms with Crippen LogP contribution in [0.25, 0.3) is 20.8 Å². The van der Waals surface area contributed by atoms with Gasteiger partial charge in [-0.05, 0) is 52.0 Å². The van der Waals surface area contributed by atoms with Crippen LogP contribution in [0.5, 0.6) is 0 Å². The van der Waals surface area contributed by atoms with Crippen LogP contribution in [0.4, 0.5) is 11.8 Å². The fourth-order valence-corrected chi connectivity index (χ4v) is 8.17. The first-order valence-electron chi connectivity index (χ1n) is 14.5. The number of methoxy groups -OCH3 is 1. The minimum atomic E-state index is -1.04. The van der Waals surface area contributed by atoms with Gasteiger partial charge in [-0.25, -0.2) is 9.97 Å². The highest BCUT2D eigenvalue weighted by atomic mass is 32.1. The average Bonchev–Trinajstić information content (AvgIpc) is 3.73. The maximum Gasteiger partial charge on any atom is 0.225 e. The van der Waals surface area contributed by atoms with Crippen LogP contribution >= 0.6 is 11.3 Å². The third-order valence-electron chi connectivity index (χ3n) is 9.47. The number of aliphatic hydroxyl groups excluding tert-OH is 2.